The molecule has 1 heterocycles. The molecule has 0 saturated heterocycles. The van der Waals surface area contributed by atoms with Crippen molar-refractivity contribution in [1.29, 1.82) is 0 Å². The number of H-pyrrole nitrogens is 1. The standard InChI is InChI=1S/C19H28FN5O.HI/c1-4-5-9-21-19(24-13-18(26)25(2)3)22-10-8-14-12-23-17-7-6-15(20)11-16(14)17;/h6-7,11-12,23H,4-5,8-10,13H2,1-3H3,(H2,21,22,24);1H. The molecule has 0 aliphatic rings. The summed E-state index contributed by atoms with van der Waals surface area (Å²) in [7, 11) is 3.43. The second kappa shape index (κ2) is 11.8. The lowest BCUT2D eigenvalue weighted by atomic mass is 10.1. The third-order valence-electron chi connectivity index (χ3n) is 4.11. The number of aromatic amines is 1. The number of benzene rings is 1. The number of nitrogens with zero attached hydrogens (tertiary/aromatic N) is 2. The molecule has 0 atom stereocenters. The first-order chi connectivity index (χ1) is 12.5. The lowest BCUT2D eigenvalue weighted by Gasteiger charge is -2.13. The van der Waals surface area contributed by atoms with E-state index in [1.54, 1.807) is 26.2 Å². The minimum absolute atomic E-state index is 0. The summed E-state index contributed by atoms with van der Waals surface area (Å²) in [5, 5.41) is 7.39. The molecule has 1 aromatic heterocycles. The number of fused-ring (bicyclic) bond motifs is 1. The monoisotopic (exact) mass is 489 g/mol. The smallest absolute Gasteiger partial charge is 0.243 e. The highest BCUT2D eigenvalue weighted by Gasteiger charge is 2.07. The minimum Gasteiger partial charge on any atom is -0.361 e. The first-order valence-electron chi connectivity index (χ1n) is 8.99. The van der Waals surface area contributed by atoms with Gasteiger partial charge >= 0.3 is 0 Å². The van der Waals surface area contributed by atoms with E-state index in [1.165, 1.54) is 11.0 Å². The molecule has 0 bridgehead atoms. The third-order valence-corrected chi connectivity index (χ3v) is 4.11. The zero-order chi connectivity index (χ0) is 18.9. The topological polar surface area (TPSA) is 72.5 Å². The number of rotatable bonds is 8. The largest absolute Gasteiger partial charge is 0.361 e. The van der Waals surface area contributed by atoms with E-state index in [1.807, 2.05) is 6.20 Å². The van der Waals surface area contributed by atoms with Crippen LogP contribution in [-0.2, 0) is 11.2 Å². The highest BCUT2D eigenvalue weighted by Crippen LogP contribution is 2.19. The van der Waals surface area contributed by atoms with Crippen molar-refractivity contribution >= 4 is 46.7 Å². The van der Waals surface area contributed by atoms with Crippen LogP contribution < -0.4 is 10.6 Å². The zero-order valence-corrected chi connectivity index (χ0v) is 18.5. The first-order valence-corrected chi connectivity index (χ1v) is 8.99. The van der Waals surface area contributed by atoms with Gasteiger partial charge in [0.1, 0.15) is 12.4 Å². The van der Waals surface area contributed by atoms with E-state index < -0.39 is 0 Å². The summed E-state index contributed by atoms with van der Waals surface area (Å²) >= 11 is 0. The molecule has 0 aliphatic carbocycles. The Labute approximate surface area is 177 Å². The Balaban J connectivity index is 0.00000364. The number of likely N-dealkylation sites (N-methyl/N-ethyl adjacent to an activating group) is 1. The molecule has 0 radical (unpaired) electrons. The number of aromatic nitrogens is 1. The summed E-state index contributed by atoms with van der Waals surface area (Å²) in [5.41, 5.74) is 1.97. The van der Waals surface area contributed by atoms with Gasteiger partial charge in [0, 0.05) is 44.3 Å². The number of carbonyl (C=O) groups excluding carboxylic acids is 1. The minimum atomic E-state index is -0.239. The Morgan fingerprint density at radius 3 is 2.70 bits per heavy atom. The molecule has 1 amide bonds. The summed E-state index contributed by atoms with van der Waals surface area (Å²) in [5.74, 6) is 0.338. The maximum Gasteiger partial charge on any atom is 0.243 e. The molecule has 0 spiro atoms. The van der Waals surface area contributed by atoms with Crippen molar-refractivity contribution in [3.63, 3.8) is 0 Å². The van der Waals surface area contributed by atoms with Crippen LogP contribution in [0.5, 0.6) is 0 Å². The fourth-order valence-corrected chi connectivity index (χ4v) is 2.52. The van der Waals surface area contributed by atoms with Crippen molar-refractivity contribution < 1.29 is 9.18 Å². The fourth-order valence-electron chi connectivity index (χ4n) is 2.52. The zero-order valence-electron chi connectivity index (χ0n) is 16.1. The van der Waals surface area contributed by atoms with Crippen molar-refractivity contribution in [3.05, 3.63) is 35.8 Å². The van der Waals surface area contributed by atoms with E-state index >= 15 is 0 Å². The van der Waals surface area contributed by atoms with Crippen LogP contribution in [0.3, 0.4) is 0 Å². The van der Waals surface area contributed by atoms with Gasteiger partial charge < -0.3 is 20.5 Å². The number of carbonyl (C=O) groups is 1. The predicted molar refractivity (Wildman–Crippen MR) is 119 cm³/mol. The molecule has 0 aliphatic heterocycles. The Hall–Kier alpha value is -1.84. The van der Waals surface area contributed by atoms with E-state index in [4.69, 9.17) is 0 Å². The van der Waals surface area contributed by atoms with Gasteiger partial charge in [0.2, 0.25) is 5.91 Å². The molecular formula is C19H29FIN5O. The first kappa shape index (κ1) is 23.2. The quantitative estimate of drug-likeness (QED) is 0.231. The summed E-state index contributed by atoms with van der Waals surface area (Å²) in [6, 6.07) is 4.74. The van der Waals surface area contributed by atoms with Gasteiger partial charge in [-0.3, -0.25) is 4.79 Å². The van der Waals surface area contributed by atoms with E-state index in [0.29, 0.717) is 12.5 Å². The molecule has 2 aromatic rings. The van der Waals surface area contributed by atoms with Crippen LogP contribution in [0, 0.1) is 5.82 Å². The van der Waals surface area contributed by atoms with Gasteiger partial charge in [0.25, 0.3) is 0 Å². The van der Waals surface area contributed by atoms with Crippen LogP contribution in [0.2, 0.25) is 0 Å². The number of aliphatic imine (C=N–C) groups is 1. The fraction of sp³-hybridized carbons (Fsp3) is 0.474. The summed E-state index contributed by atoms with van der Waals surface area (Å²) < 4.78 is 13.5. The highest BCUT2D eigenvalue weighted by atomic mass is 127. The number of hydrogen-bond donors (Lipinski definition) is 3. The number of unbranched alkanes of at least 4 members (excludes halogenated alkanes) is 1. The summed E-state index contributed by atoms with van der Waals surface area (Å²) in [6.07, 6.45) is 4.74. The lowest BCUT2D eigenvalue weighted by molar-refractivity contribution is -0.127. The maximum absolute atomic E-state index is 13.5. The van der Waals surface area contributed by atoms with Crippen molar-refractivity contribution in [2.45, 2.75) is 26.2 Å². The Kier molecular flexibility index (Phi) is 10.1. The summed E-state index contributed by atoms with van der Waals surface area (Å²) in [6.45, 7) is 3.67. The van der Waals surface area contributed by atoms with E-state index in [-0.39, 0.29) is 42.2 Å². The molecule has 3 N–H and O–H groups in total. The van der Waals surface area contributed by atoms with Crippen LogP contribution in [0.4, 0.5) is 4.39 Å². The molecule has 8 heteroatoms. The van der Waals surface area contributed by atoms with Crippen LogP contribution in [0.1, 0.15) is 25.3 Å². The van der Waals surface area contributed by atoms with Crippen LogP contribution in [-0.4, -0.2) is 55.5 Å². The van der Waals surface area contributed by atoms with Crippen molar-refractivity contribution in [1.82, 2.24) is 20.5 Å². The third kappa shape index (κ3) is 7.36. The number of amides is 1. The van der Waals surface area contributed by atoms with Gasteiger partial charge in [-0.05, 0) is 36.6 Å². The maximum atomic E-state index is 13.5. The summed E-state index contributed by atoms with van der Waals surface area (Å²) in [4.78, 5) is 20.8. The lowest BCUT2D eigenvalue weighted by Crippen LogP contribution is -2.39. The predicted octanol–water partition coefficient (Wildman–Crippen LogP) is 2.89. The molecule has 150 valence electrons. The van der Waals surface area contributed by atoms with Crippen molar-refractivity contribution in [3.8, 4) is 0 Å². The second-order valence-corrected chi connectivity index (χ2v) is 6.41. The van der Waals surface area contributed by atoms with Crippen LogP contribution >= 0.6 is 24.0 Å². The number of nitrogens with one attached hydrogen (secondary N) is 3. The second-order valence-electron chi connectivity index (χ2n) is 6.41. The molecular weight excluding hydrogens is 460 g/mol. The SMILES string of the molecule is CCCCNC(=NCC(=O)N(C)C)NCCc1c[nH]c2ccc(F)cc12.I. The average Bonchev–Trinajstić information content (AvgIpc) is 3.01. The van der Waals surface area contributed by atoms with Crippen molar-refractivity contribution in [2.75, 3.05) is 33.7 Å². The van der Waals surface area contributed by atoms with E-state index in [0.717, 1.165) is 42.3 Å². The van der Waals surface area contributed by atoms with Gasteiger partial charge in [-0.2, -0.15) is 0 Å². The molecule has 1 aromatic carbocycles. The normalized spacial score (nSPS) is 11.2. The highest BCUT2D eigenvalue weighted by molar-refractivity contribution is 14.0. The van der Waals surface area contributed by atoms with Crippen LogP contribution in [0.15, 0.2) is 29.4 Å². The van der Waals surface area contributed by atoms with E-state index in [2.05, 4.69) is 27.5 Å². The van der Waals surface area contributed by atoms with Gasteiger partial charge in [-0.1, -0.05) is 13.3 Å². The number of guanidine groups is 1. The molecule has 6 nitrogen and oxygen atoms in total. The number of halogens is 2. The molecule has 27 heavy (non-hydrogen) atoms. The Bertz CT molecular complexity index is 760. The molecule has 0 fully saturated rings. The van der Waals surface area contributed by atoms with Gasteiger partial charge in [-0.15, -0.1) is 24.0 Å². The van der Waals surface area contributed by atoms with Gasteiger partial charge in [0.15, 0.2) is 5.96 Å². The molecule has 2 rings (SSSR count). The Morgan fingerprint density at radius 2 is 2.00 bits per heavy atom. The molecule has 0 unspecified atom stereocenters. The molecule has 0 saturated carbocycles. The Morgan fingerprint density at radius 1 is 1.26 bits per heavy atom. The van der Waals surface area contributed by atoms with Gasteiger partial charge in [-0.25, -0.2) is 9.38 Å². The van der Waals surface area contributed by atoms with Crippen LogP contribution in [0.25, 0.3) is 10.9 Å². The van der Waals surface area contributed by atoms with Gasteiger partial charge in [0.05, 0.1) is 0 Å². The van der Waals surface area contributed by atoms with Crippen molar-refractivity contribution in [2.24, 2.45) is 4.99 Å². The average molecular weight is 489 g/mol. The number of hydrogen-bond acceptors (Lipinski definition) is 2. The van der Waals surface area contributed by atoms with E-state index in [9.17, 15) is 9.18 Å².